The highest BCUT2D eigenvalue weighted by molar-refractivity contribution is 6.19. The van der Waals surface area contributed by atoms with Crippen LogP contribution in [0.3, 0.4) is 0 Å². The predicted octanol–water partition coefficient (Wildman–Crippen LogP) is 0.949. The molecule has 0 spiro atoms. The molecule has 1 aliphatic rings. The first-order valence-electron chi connectivity index (χ1n) is 3.34. The van der Waals surface area contributed by atoms with E-state index >= 15 is 0 Å². The van der Waals surface area contributed by atoms with E-state index in [0.29, 0.717) is 6.04 Å². The van der Waals surface area contributed by atoms with Crippen molar-refractivity contribution in [3.63, 3.8) is 0 Å². The largest absolute Gasteiger partial charge is 0.288 e. The first-order chi connectivity index (χ1) is 4.83. The van der Waals surface area contributed by atoms with E-state index in [1.165, 1.54) is 0 Å². The summed E-state index contributed by atoms with van der Waals surface area (Å²) in [5.41, 5.74) is 0. The van der Waals surface area contributed by atoms with Crippen LogP contribution in [0.5, 0.6) is 0 Å². The molecule has 0 fully saturated rings. The van der Waals surface area contributed by atoms with Crippen LogP contribution in [0.15, 0.2) is 15.0 Å². The lowest BCUT2D eigenvalue weighted by atomic mass is 10.2. The minimum absolute atomic E-state index is 0.321. The van der Waals surface area contributed by atoms with E-state index in [1.54, 1.807) is 19.5 Å². The van der Waals surface area contributed by atoms with Crippen LogP contribution in [0, 0.1) is 0 Å². The highest BCUT2D eigenvalue weighted by atomic mass is 14.9. The van der Waals surface area contributed by atoms with Gasteiger partial charge in [0.25, 0.3) is 0 Å². The van der Waals surface area contributed by atoms with Crippen LogP contribution in [0.1, 0.15) is 13.3 Å². The molecule has 0 saturated carbocycles. The Hall–Kier alpha value is -0.990. The molecule has 10 heavy (non-hydrogen) atoms. The Kier molecular flexibility index (Phi) is 2.31. The fourth-order valence-corrected chi connectivity index (χ4v) is 0.823. The van der Waals surface area contributed by atoms with Gasteiger partial charge in [-0.3, -0.25) is 9.98 Å². The summed E-state index contributed by atoms with van der Waals surface area (Å²) in [6.45, 7) is 2.05. The van der Waals surface area contributed by atoms with Crippen LogP contribution >= 0.6 is 0 Å². The Morgan fingerprint density at radius 1 is 1.60 bits per heavy atom. The smallest absolute Gasteiger partial charge is 0.125 e. The molecule has 0 aliphatic carbocycles. The zero-order chi connectivity index (χ0) is 7.40. The molecule has 0 aromatic carbocycles. The minimum Gasteiger partial charge on any atom is -0.288 e. The number of rotatable bonds is 0. The molecule has 0 aromatic rings. The number of hydrogen-bond acceptors (Lipinski definition) is 2. The summed E-state index contributed by atoms with van der Waals surface area (Å²) in [5.74, 6) is 0.880. The Morgan fingerprint density at radius 3 is 3.10 bits per heavy atom. The number of amidine groups is 1. The van der Waals surface area contributed by atoms with Crippen molar-refractivity contribution in [1.82, 2.24) is 0 Å². The molecule has 0 bridgehead atoms. The van der Waals surface area contributed by atoms with Crippen molar-refractivity contribution in [2.24, 2.45) is 15.0 Å². The normalized spacial score (nSPS) is 29.0. The summed E-state index contributed by atoms with van der Waals surface area (Å²) in [6.07, 6.45) is 4.26. The van der Waals surface area contributed by atoms with Gasteiger partial charge in [0.1, 0.15) is 5.84 Å². The van der Waals surface area contributed by atoms with Gasteiger partial charge in [-0.1, -0.05) is 0 Å². The van der Waals surface area contributed by atoms with Gasteiger partial charge < -0.3 is 0 Å². The summed E-state index contributed by atoms with van der Waals surface area (Å²) >= 11 is 0. The fourth-order valence-electron chi connectivity index (χ4n) is 0.823. The van der Waals surface area contributed by atoms with Crippen molar-refractivity contribution >= 4 is 18.3 Å². The third kappa shape index (κ3) is 1.76. The number of hydrogen-bond donors (Lipinski definition) is 0. The molecule has 0 amide bonds. The van der Waals surface area contributed by atoms with Crippen molar-refractivity contribution in [3.8, 4) is 0 Å². The van der Waals surface area contributed by atoms with Crippen molar-refractivity contribution in [2.75, 3.05) is 7.05 Å². The number of aliphatic imine (C=N–C) groups is 3. The van der Waals surface area contributed by atoms with E-state index in [0.717, 1.165) is 12.3 Å². The quantitative estimate of drug-likeness (QED) is 0.476. The maximum absolute atomic E-state index is 4.17. The Bertz CT molecular complexity index is 191. The first-order valence-corrected chi connectivity index (χ1v) is 3.34. The zero-order valence-corrected chi connectivity index (χ0v) is 6.28. The molecule has 1 rings (SSSR count). The van der Waals surface area contributed by atoms with Crippen LogP contribution < -0.4 is 0 Å². The van der Waals surface area contributed by atoms with E-state index in [9.17, 15) is 0 Å². The molecular weight excluding hydrogens is 126 g/mol. The van der Waals surface area contributed by atoms with E-state index < -0.39 is 0 Å². The van der Waals surface area contributed by atoms with E-state index in [1.807, 2.05) is 0 Å². The summed E-state index contributed by atoms with van der Waals surface area (Å²) < 4.78 is 0. The lowest BCUT2D eigenvalue weighted by Crippen LogP contribution is -2.03. The summed E-state index contributed by atoms with van der Waals surface area (Å²) in [6, 6.07) is 0.321. The SMILES string of the molecule is CN=C1CC(C)N=CC=N1. The summed E-state index contributed by atoms with van der Waals surface area (Å²) in [7, 11) is 1.75. The van der Waals surface area contributed by atoms with Crippen molar-refractivity contribution in [1.29, 1.82) is 0 Å². The third-order valence-corrected chi connectivity index (χ3v) is 1.37. The van der Waals surface area contributed by atoms with E-state index in [-0.39, 0.29) is 0 Å². The molecule has 3 heteroatoms. The average molecular weight is 137 g/mol. The van der Waals surface area contributed by atoms with Gasteiger partial charge in [-0.25, -0.2) is 4.99 Å². The van der Waals surface area contributed by atoms with E-state index in [4.69, 9.17) is 0 Å². The van der Waals surface area contributed by atoms with Gasteiger partial charge in [-0.15, -0.1) is 0 Å². The second kappa shape index (κ2) is 3.25. The lowest BCUT2D eigenvalue weighted by molar-refractivity contribution is 0.784. The van der Waals surface area contributed by atoms with Crippen molar-refractivity contribution < 1.29 is 0 Å². The zero-order valence-electron chi connectivity index (χ0n) is 6.28. The minimum atomic E-state index is 0.321. The van der Waals surface area contributed by atoms with Gasteiger partial charge in [-0.2, -0.15) is 0 Å². The van der Waals surface area contributed by atoms with Gasteiger partial charge in [0.05, 0.1) is 6.04 Å². The Balaban J connectivity index is 2.69. The molecule has 1 heterocycles. The predicted molar refractivity (Wildman–Crippen MR) is 44.4 cm³/mol. The maximum Gasteiger partial charge on any atom is 0.125 e. The lowest BCUT2D eigenvalue weighted by Gasteiger charge is -2.00. The van der Waals surface area contributed by atoms with Crippen LogP contribution in [-0.4, -0.2) is 31.4 Å². The summed E-state index contributed by atoms with van der Waals surface area (Å²) in [4.78, 5) is 12.2. The number of nitrogens with zero attached hydrogens (tertiary/aromatic N) is 3. The molecule has 3 nitrogen and oxygen atoms in total. The highest BCUT2D eigenvalue weighted by Crippen LogP contribution is 2.01. The van der Waals surface area contributed by atoms with E-state index in [2.05, 4.69) is 21.9 Å². The molecule has 0 radical (unpaired) electrons. The molecule has 0 aromatic heterocycles. The van der Waals surface area contributed by atoms with Crippen molar-refractivity contribution in [2.45, 2.75) is 19.4 Å². The van der Waals surface area contributed by atoms with Crippen LogP contribution in [0.2, 0.25) is 0 Å². The molecule has 1 unspecified atom stereocenters. The molecule has 1 atom stereocenters. The fraction of sp³-hybridized carbons (Fsp3) is 0.571. The second-order valence-electron chi connectivity index (χ2n) is 2.27. The average Bonchev–Trinajstić information content (AvgIpc) is 2.13. The highest BCUT2D eigenvalue weighted by Gasteiger charge is 2.04. The van der Waals surface area contributed by atoms with Crippen LogP contribution in [0.25, 0.3) is 0 Å². The van der Waals surface area contributed by atoms with Gasteiger partial charge in [0.2, 0.25) is 0 Å². The third-order valence-electron chi connectivity index (χ3n) is 1.37. The maximum atomic E-state index is 4.17. The monoisotopic (exact) mass is 137 g/mol. The second-order valence-corrected chi connectivity index (χ2v) is 2.27. The first kappa shape index (κ1) is 7.12. The molecule has 0 N–H and O–H groups in total. The van der Waals surface area contributed by atoms with Gasteiger partial charge >= 0.3 is 0 Å². The van der Waals surface area contributed by atoms with Gasteiger partial charge in [0, 0.05) is 25.9 Å². The van der Waals surface area contributed by atoms with Crippen LogP contribution in [-0.2, 0) is 0 Å². The van der Waals surface area contributed by atoms with Crippen LogP contribution in [0.4, 0.5) is 0 Å². The molecular formula is C7H11N3. The van der Waals surface area contributed by atoms with Crippen molar-refractivity contribution in [3.05, 3.63) is 0 Å². The Labute approximate surface area is 60.6 Å². The summed E-state index contributed by atoms with van der Waals surface area (Å²) in [5, 5.41) is 0. The molecule has 1 aliphatic heterocycles. The van der Waals surface area contributed by atoms with Gasteiger partial charge in [-0.05, 0) is 6.92 Å². The standard InChI is InChI=1S/C7H11N3/c1-6-5-7(8-2)10-4-3-9-6/h3-4,6H,5H2,1-2H3. The molecule has 0 saturated heterocycles. The topological polar surface area (TPSA) is 37.1 Å². The Morgan fingerprint density at radius 2 is 2.40 bits per heavy atom. The molecule has 54 valence electrons. The van der Waals surface area contributed by atoms with Gasteiger partial charge in [0.15, 0.2) is 0 Å².